The van der Waals surface area contributed by atoms with Crippen molar-refractivity contribution in [3.05, 3.63) is 35.4 Å². The van der Waals surface area contributed by atoms with Gasteiger partial charge in [0.2, 0.25) is 0 Å². The lowest BCUT2D eigenvalue weighted by Gasteiger charge is -2.26. The average molecular weight is 260 g/mol. The van der Waals surface area contributed by atoms with E-state index in [1.807, 2.05) is 26.0 Å². The molecule has 1 aliphatic rings. The number of benzene rings is 1. The fourth-order valence-corrected chi connectivity index (χ4v) is 3.21. The Balaban J connectivity index is 2.12. The predicted octanol–water partition coefficient (Wildman–Crippen LogP) is 3.70. The maximum absolute atomic E-state index is 12.5. The van der Waals surface area contributed by atoms with E-state index in [2.05, 4.69) is 32.9 Å². The van der Waals surface area contributed by atoms with E-state index >= 15 is 0 Å². The molecular formula is C17H24O2. The summed E-state index contributed by atoms with van der Waals surface area (Å²) in [5.74, 6) is 0.282. The molecule has 104 valence electrons. The first-order valence-electron chi connectivity index (χ1n) is 6.98. The topological polar surface area (TPSA) is 26.3 Å². The SMILES string of the molecule is Cc1cccc(CC(=O)C2CC(C)(C)OC2(C)C)c1. The minimum Gasteiger partial charge on any atom is -0.369 e. The Morgan fingerprint density at radius 3 is 2.53 bits per heavy atom. The number of carbonyl (C=O) groups excluding carboxylic acids is 1. The summed E-state index contributed by atoms with van der Waals surface area (Å²) in [4.78, 5) is 12.5. The van der Waals surface area contributed by atoms with Crippen molar-refractivity contribution in [1.29, 1.82) is 0 Å². The molecule has 2 rings (SSSR count). The Kier molecular flexibility index (Phi) is 3.57. The molecule has 1 atom stereocenters. The summed E-state index contributed by atoms with van der Waals surface area (Å²) in [6, 6.07) is 8.18. The van der Waals surface area contributed by atoms with Crippen molar-refractivity contribution in [3.8, 4) is 0 Å². The third-order valence-corrected chi connectivity index (χ3v) is 3.92. The van der Waals surface area contributed by atoms with Gasteiger partial charge in [-0.1, -0.05) is 29.8 Å². The van der Waals surface area contributed by atoms with Crippen LogP contribution < -0.4 is 0 Å². The highest BCUT2D eigenvalue weighted by Crippen LogP contribution is 2.42. The summed E-state index contributed by atoms with van der Waals surface area (Å²) in [6.07, 6.45) is 1.32. The van der Waals surface area contributed by atoms with Crippen LogP contribution in [0.1, 0.15) is 45.2 Å². The van der Waals surface area contributed by atoms with E-state index < -0.39 is 0 Å². The zero-order valence-electron chi connectivity index (χ0n) is 12.6. The molecule has 2 heteroatoms. The molecule has 1 heterocycles. The van der Waals surface area contributed by atoms with Gasteiger partial charge in [0, 0.05) is 12.3 Å². The Morgan fingerprint density at radius 1 is 1.32 bits per heavy atom. The molecule has 1 aliphatic heterocycles. The maximum atomic E-state index is 12.5. The second kappa shape index (κ2) is 4.75. The molecule has 0 saturated carbocycles. The van der Waals surface area contributed by atoms with Crippen LogP contribution in [0.4, 0.5) is 0 Å². The molecule has 19 heavy (non-hydrogen) atoms. The van der Waals surface area contributed by atoms with Crippen molar-refractivity contribution in [3.63, 3.8) is 0 Å². The quantitative estimate of drug-likeness (QED) is 0.828. The van der Waals surface area contributed by atoms with Crippen molar-refractivity contribution in [1.82, 2.24) is 0 Å². The lowest BCUT2D eigenvalue weighted by Crippen LogP contribution is -2.34. The van der Waals surface area contributed by atoms with Crippen molar-refractivity contribution >= 4 is 5.78 Å². The number of Topliss-reactive ketones (excluding diaryl/α,β-unsaturated/α-hetero) is 1. The molecule has 0 aromatic heterocycles. The van der Waals surface area contributed by atoms with Crippen LogP contribution in [0.25, 0.3) is 0 Å². The summed E-state index contributed by atoms with van der Waals surface area (Å²) in [5.41, 5.74) is 1.75. The second-order valence-electron chi connectivity index (χ2n) is 6.85. The van der Waals surface area contributed by atoms with E-state index in [9.17, 15) is 4.79 Å². The highest BCUT2D eigenvalue weighted by atomic mass is 16.5. The molecule has 0 aliphatic carbocycles. The maximum Gasteiger partial charge on any atom is 0.143 e. The smallest absolute Gasteiger partial charge is 0.143 e. The summed E-state index contributed by atoms with van der Waals surface area (Å²) < 4.78 is 6.01. The molecule has 0 spiro atoms. The lowest BCUT2D eigenvalue weighted by atomic mass is 9.82. The van der Waals surface area contributed by atoms with Crippen LogP contribution in [0.5, 0.6) is 0 Å². The number of carbonyl (C=O) groups is 1. The number of hydrogen-bond acceptors (Lipinski definition) is 2. The third-order valence-electron chi connectivity index (χ3n) is 3.92. The monoisotopic (exact) mass is 260 g/mol. The van der Waals surface area contributed by atoms with E-state index in [0.29, 0.717) is 12.2 Å². The van der Waals surface area contributed by atoms with Crippen LogP contribution in [-0.4, -0.2) is 17.0 Å². The van der Waals surface area contributed by atoms with Gasteiger partial charge >= 0.3 is 0 Å². The number of ether oxygens (including phenoxy) is 1. The number of rotatable bonds is 3. The highest BCUT2D eigenvalue weighted by molar-refractivity contribution is 5.84. The molecule has 1 fully saturated rings. The molecule has 1 aromatic carbocycles. The minimum atomic E-state index is -0.357. The first-order valence-corrected chi connectivity index (χ1v) is 6.98. The lowest BCUT2D eigenvalue weighted by molar-refractivity contribution is -0.128. The van der Waals surface area contributed by atoms with Gasteiger partial charge in [0.1, 0.15) is 5.78 Å². The van der Waals surface area contributed by atoms with Crippen molar-refractivity contribution < 1.29 is 9.53 Å². The molecule has 0 radical (unpaired) electrons. The molecular weight excluding hydrogens is 236 g/mol. The van der Waals surface area contributed by atoms with Gasteiger partial charge < -0.3 is 4.74 Å². The molecule has 1 saturated heterocycles. The van der Waals surface area contributed by atoms with E-state index in [1.54, 1.807) is 0 Å². The fourth-order valence-electron chi connectivity index (χ4n) is 3.21. The van der Waals surface area contributed by atoms with E-state index in [0.717, 1.165) is 12.0 Å². The number of aryl methyl sites for hydroxylation is 1. The van der Waals surface area contributed by atoms with Gasteiger partial charge in [-0.15, -0.1) is 0 Å². The molecule has 0 amide bonds. The predicted molar refractivity (Wildman–Crippen MR) is 77.2 cm³/mol. The van der Waals surface area contributed by atoms with E-state index in [-0.39, 0.29) is 17.1 Å². The zero-order valence-corrected chi connectivity index (χ0v) is 12.6. The Bertz CT molecular complexity index is 486. The standard InChI is InChI=1S/C17H24O2/c1-12-7-6-8-13(9-12)10-15(18)14-11-16(2,3)19-17(14,4)5/h6-9,14H,10-11H2,1-5H3. The van der Waals surface area contributed by atoms with Gasteiger partial charge in [-0.2, -0.15) is 0 Å². The van der Waals surface area contributed by atoms with Crippen LogP contribution >= 0.6 is 0 Å². The van der Waals surface area contributed by atoms with Crippen molar-refractivity contribution in [2.75, 3.05) is 0 Å². The highest BCUT2D eigenvalue weighted by Gasteiger charge is 2.48. The van der Waals surface area contributed by atoms with Crippen LogP contribution in [0, 0.1) is 12.8 Å². The molecule has 1 unspecified atom stereocenters. The van der Waals surface area contributed by atoms with E-state index in [4.69, 9.17) is 4.74 Å². The summed E-state index contributed by atoms with van der Waals surface area (Å²) in [7, 11) is 0. The largest absolute Gasteiger partial charge is 0.369 e. The number of ketones is 1. The molecule has 2 nitrogen and oxygen atoms in total. The second-order valence-corrected chi connectivity index (χ2v) is 6.85. The van der Waals surface area contributed by atoms with Crippen LogP contribution in [0.15, 0.2) is 24.3 Å². The van der Waals surface area contributed by atoms with E-state index in [1.165, 1.54) is 5.56 Å². The first kappa shape index (κ1) is 14.3. The average Bonchev–Trinajstić information content (AvgIpc) is 2.46. The fraction of sp³-hybridized carbons (Fsp3) is 0.588. The van der Waals surface area contributed by atoms with Crippen LogP contribution in [0.3, 0.4) is 0 Å². The Morgan fingerprint density at radius 2 is 2.00 bits per heavy atom. The number of hydrogen-bond donors (Lipinski definition) is 0. The normalized spacial score (nSPS) is 24.4. The summed E-state index contributed by atoms with van der Waals surface area (Å²) in [6.45, 7) is 10.2. The molecule has 1 aromatic rings. The molecule has 0 N–H and O–H groups in total. The summed E-state index contributed by atoms with van der Waals surface area (Å²) in [5, 5.41) is 0. The zero-order chi connectivity index (χ0) is 14.3. The Hall–Kier alpha value is -1.15. The Labute approximate surface area is 116 Å². The van der Waals surface area contributed by atoms with Gasteiger partial charge in [0.05, 0.1) is 11.2 Å². The van der Waals surface area contributed by atoms with Gasteiger partial charge in [-0.3, -0.25) is 4.79 Å². The van der Waals surface area contributed by atoms with Crippen LogP contribution in [-0.2, 0) is 16.0 Å². The van der Waals surface area contributed by atoms with Gasteiger partial charge in [0.15, 0.2) is 0 Å². The van der Waals surface area contributed by atoms with Gasteiger partial charge in [-0.05, 0) is 46.6 Å². The van der Waals surface area contributed by atoms with Crippen molar-refractivity contribution in [2.45, 2.75) is 58.7 Å². The third kappa shape index (κ3) is 3.24. The summed E-state index contributed by atoms with van der Waals surface area (Å²) >= 11 is 0. The van der Waals surface area contributed by atoms with Crippen molar-refractivity contribution in [2.24, 2.45) is 5.92 Å². The first-order chi connectivity index (χ1) is 8.70. The van der Waals surface area contributed by atoms with Crippen LogP contribution in [0.2, 0.25) is 0 Å². The van der Waals surface area contributed by atoms with Gasteiger partial charge in [0.25, 0.3) is 0 Å². The molecule has 0 bridgehead atoms. The van der Waals surface area contributed by atoms with Gasteiger partial charge in [-0.25, -0.2) is 0 Å². The minimum absolute atomic E-state index is 0.0111.